The fraction of sp³-hybridized carbons (Fsp3) is 0.524. The zero-order valence-electron chi connectivity index (χ0n) is 35.7. The molecular formula is C42H62N8O10S2. The zero-order valence-corrected chi connectivity index (χ0v) is 37.3. The molecular weight excluding hydrogens is 841 g/mol. The predicted octanol–water partition coefficient (Wildman–Crippen LogP) is 0.0556. The van der Waals surface area contributed by atoms with Crippen molar-refractivity contribution in [1.29, 1.82) is 0 Å². The molecule has 0 saturated heterocycles. The minimum Gasteiger partial charge on any atom is -0.748 e. The lowest BCUT2D eigenvalue weighted by Gasteiger charge is -2.37. The number of nitrogens with two attached hydrogens (primary N) is 6. The van der Waals surface area contributed by atoms with E-state index in [2.05, 4.69) is 55.7 Å². The summed E-state index contributed by atoms with van der Waals surface area (Å²) < 4.78 is 72.4. The van der Waals surface area contributed by atoms with E-state index >= 15 is 0 Å². The van der Waals surface area contributed by atoms with Crippen LogP contribution in [0.1, 0.15) is 97.6 Å². The van der Waals surface area contributed by atoms with Gasteiger partial charge in [0, 0.05) is 83.1 Å². The van der Waals surface area contributed by atoms with Gasteiger partial charge in [-0.2, -0.15) is 0 Å². The van der Waals surface area contributed by atoms with Gasteiger partial charge in [0.25, 0.3) is 0 Å². The van der Waals surface area contributed by atoms with E-state index in [4.69, 9.17) is 8.83 Å². The highest BCUT2D eigenvalue weighted by Gasteiger charge is 2.28. The van der Waals surface area contributed by atoms with Crippen molar-refractivity contribution in [3.05, 3.63) is 78.5 Å². The molecule has 2 aromatic heterocycles. The fourth-order valence-electron chi connectivity index (χ4n) is 8.51. The number of hydrogen-bond donors (Lipinski definition) is 6. The number of rotatable bonds is 9. The lowest BCUT2D eigenvalue weighted by molar-refractivity contribution is -0.117. The Morgan fingerprint density at radius 2 is 0.887 bits per heavy atom. The first kappa shape index (κ1) is 49.5. The molecule has 4 aliphatic rings. The first-order valence-corrected chi connectivity index (χ1v) is 24.1. The lowest BCUT2D eigenvalue weighted by atomic mass is 9.89. The Morgan fingerprint density at radius 3 is 1.21 bits per heavy atom. The average Bonchev–Trinajstić information content (AvgIpc) is 3.16. The van der Waals surface area contributed by atoms with Crippen LogP contribution < -0.4 is 54.8 Å². The molecule has 0 radical (unpaired) electrons. The number of anilines is 2. The standard InChI is InChI=1S/2C16H17NO2.C8H18O6S2.2CH5N3/c2*1-10-8-14(18)19-16-12-5-3-7-17-6-2-4-11(15(12)17)9-13(10)16;9-15(10,11)7-5-3-1-2-4-6-8-16(12,13)14;2*2-1(3)4/h2*8-9H,2-7H2,1H3;1-8H2,(H,9,10,11)(H,12,13,14);2*(H5,2,3,4). The number of benzene rings is 2. The molecule has 2 aromatic carbocycles. The molecule has 20 heteroatoms. The minimum absolute atomic E-state index is 0.0833. The highest BCUT2D eigenvalue weighted by atomic mass is 32.2. The summed E-state index contributed by atoms with van der Waals surface area (Å²) in [5.74, 6) is -0.857. The summed E-state index contributed by atoms with van der Waals surface area (Å²) in [5.41, 5.74) is 29.7. The molecule has 0 spiro atoms. The maximum absolute atomic E-state index is 11.7. The summed E-state index contributed by atoms with van der Waals surface area (Å²) in [5, 5.41) is 11.4. The molecule has 342 valence electrons. The molecule has 0 bridgehead atoms. The summed E-state index contributed by atoms with van der Waals surface area (Å²) in [6, 6.07) is 7.68. The molecule has 0 aliphatic carbocycles. The van der Waals surface area contributed by atoms with Gasteiger partial charge in [0.2, 0.25) is 0 Å². The van der Waals surface area contributed by atoms with Crippen LogP contribution in [0.2, 0.25) is 0 Å². The van der Waals surface area contributed by atoms with Gasteiger partial charge in [-0.1, -0.05) is 25.7 Å². The summed E-state index contributed by atoms with van der Waals surface area (Å²) in [4.78, 5) is 28.3. The minimum atomic E-state index is -4.11. The number of aryl methyl sites for hydroxylation is 6. The van der Waals surface area contributed by atoms with Crippen LogP contribution >= 0.6 is 0 Å². The van der Waals surface area contributed by atoms with Crippen LogP contribution in [0.5, 0.6) is 0 Å². The number of unbranched alkanes of at least 4 members (excludes halogenated alkanes) is 5. The largest absolute Gasteiger partial charge is 0.748 e. The monoisotopic (exact) mass is 902 g/mol. The first-order valence-electron chi connectivity index (χ1n) is 21.0. The number of hydrogen-bond acceptors (Lipinski definition) is 12. The zero-order chi connectivity index (χ0) is 45.8. The van der Waals surface area contributed by atoms with Crippen molar-refractivity contribution in [2.24, 2.45) is 22.9 Å². The van der Waals surface area contributed by atoms with Crippen molar-refractivity contribution in [3.63, 3.8) is 0 Å². The number of nitrogens with zero attached hydrogens (tertiary/aromatic N) is 2. The Kier molecular flexibility index (Phi) is 17.8. The van der Waals surface area contributed by atoms with Crippen LogP contribution in [0.25, 0.3) is 21.9 Å². The summed E-state index contributed by atoms with van der Waals surface area (Å²) in [6.45, 7) is 8.57. The third-order valence-electron chi connectivity index (χ3n) is 10.9. The van der Waals surface area contributed by atoms with Gasteiger partial charge in [-0.3, -0.25) is 33.8 Å². The quantitative estimate of drug-likeness (QED) is 0.0425. The molecule has 62 heavy (non-hydrogen) atoms. The Morgan fingerprint density at radius 1 is 0.581 bits per heavy atom. The van der Waals surface area contributed by atoms with Crippen molar-refractivity contribution in [3.8, 4) is 0 Å². The van der Waals surface area contributed by atoms with Crippen LogP contribution in [-0.4, -0.2) is 75.5 Å². The predicted molar refractivity (Wildman–Crippen MR) is 240 cm³/mol. The second-order valence-corrected chi connectivity index (χ2v) is 19.1. The van der Waals surface area contributed by atoms with E-state index < -0.39 is 20.2 Å². The molecule has 4 aromatic rings. The topological polar surface area (TPSA) is 337 Å². The van der Waals surface area contributed by atoms with E-state index in [1.807, 2.05) is 13.8 Å². The maximum Gasteiger partial charge on any atom is 0.336 e. The van der Waals surface area contributed by atoms with E-state index in [0.717, 1.165) is 111 Å². The summed E-state index contributed by atoms with van der Waals surface area (Å²) in [7, 11) is -8.22. The van der Waals surface area contributed by atoms with Gasteiger partial charge in [-0.25, -0.2) is 26.4 Å². The number of guanidine groups is 2. The van der Waals surface area contributed by atoms with Crippen molar-refractivity contribution < 1.29 is 45.6 Å². The lowest BCUT2D eigenvalue weighted by Crippen LogP contribution is -2.51. The van der Waals surface area contributed by atoms with E-state index in [1.54, 1.807) is 12.1 Å². The normalized spacial score (nSPS) is 14.9. The van der Waals surface area contributed by atoms with E-state index in [9.17, 15) is 35.5 Å². The molecule has 6 heterocycles. The Balaban J connectivity index is 0.000000189. The van der Waals surface area contributed by atoms with Crippen molar-refractivity contribution in [2.75, 3.05) is 47.5 Å². The van der Waals surface area contributed by atoms with Gasteiger partial charge < -0.3 is 27.7 Å². The molecule has 0 unspecified atom stereocenters. The summed E-state index contributed by atoms with van der Waals surface area (Å²) in [6.07, 6.45) is 12.6. The molecule has 12 N–H and O–H groups in total. The van der Waals surface area contributed by atoms with Gasteiger partial charge in [-0.15, -0.1) is 0 Å². The molecule has 0 fully saturated rings. The summed E-state index contributed by atoms with van der Waals surface area (Å²) >= 11 is 0. The van der Waals surface area contributed by atoms with E-state index in [1.165, 1.54) is 46.5 Å². The molecule has 0 saturated carbocycles. The van der Waals surface area contributed by atoms with Crippen molar-refractivity contribution in [2.45, 2.75) is 104 Å². The smallest absolute Gasteiger partial charge is 0.336 e. The third kappa shape index (κ3) is 14.7. The van der Waals surface area contributed by atoms with Crippen LogP contribution in [0.15, 0.2) is 42.7 Å². The third-order valence-corrected chi connectivity index (χ3v) is 12.5. The fourth-order valence-corrected chi connectivity index (χ4v) is 9.63. The van der Waals surface area contributed by atoms with Crippen LogP contribution in [0.4, 0.5) is 11.4 Å². The van der Waals surface area contributed by atoms with Crippen LogP contribution in [0.3, 0.4) is 0 Å². The molecule has 0 amide bonds. The average molecular weight is 903 g/mol. The van der Waals surface area contributed by atoms with Gasteiger partial charge >= 0.3 is 23.2 Å². The highest BCUT2D eigenvalue weighted by Crippen LogP contribution is 2.41. The number of fused-ring (bicyclic) bond motifs is 4. The SMILES string of the molecule is Cc1cc(=O)oc2c3c4c(cc12)CCCN4CCC3.Cc1cc(=O)oc2c3c4c(cc12)CCCN4CCC3.NC(N)=[NH2+].NC(N)=[NH2+].O=S(=O)([O-])CCCCCCCCS(=O)(=O)[O-]. The Labute approximate surface area is 362 Å². The second-order valence-electron chi connectivity index (χ2n) is 16.0. The van der Waals surface area contributed by atoms with Crippen molar-refractivity contribution in [1.82, 2.24) is 0 Å². The van der Waals surface area contributed by atoms with Gasteiger partial charge in [-0.05, 0) is 112 Å². The Bertz CT molecular complexity index is 2390. The molecule has 18 nitrogen and oxygen atoms in total. The molecule has 8 rings (SSSR count). The van der Waals surface area contributed by atoms with Crippen molar-refractivity contribution >= 4 is 65.5 Å². The van der Waals surface area contributed by atoms with Crippen LogP contribution in [0, 0.1) is 13.8 Å². The molecule has 0 atom stereocenters. The van der Waals surface area contributed by atoms with Gasteiger partial charge in [0.05, 0.1) is 20.2 Å². The Hall–Kier alpha value is -5.18. The van der Waals surface area contributed by atoms with E-state index in [-0.39, 0.29) is 34.7 Å². The van der Waals surface area contributed by atoms with E-state index in [0.29, 0.717) is 25.7 Å². The van der Waals surface area contributed by atoms with Crippen LogP contribution in [-0.2, 0) is 45.9 Å². The second kappa shape index (κ2) is 22.3. The van der Waals surface area contributed by atoms with Gasteiger partial charge in [0.1, 0.15) is 11.2 Å². The van der Waals surface area contributed by atoms with Gasteiger partial charge in [0.15, 0.2) is 0 Å². The maximum atomic E-state index is 11.7. The highest BCUT2D eigenvalue weighted by molar-refractivity contribution is 7.85. The first-order chi connectivity index (χ1) is 29.1. The molecule has 4 aliphatic heterocycles.